The highest BCUT2D eigenvalue weighted by Crippen LogP contribution is 2.38. The van der Waals surface area contributed by atoms with Gasteiger partial charge < -0.3 is 19.3 Å². The van der Waals surface area contributed by atoms with Crippen molar-refractivity contribution in [3.63, 3.8) is 0 Å². The van der Waals surface area contributed by atoms with Gasteiger partial charge in [-0.3, -0.25) is 0 Å². The van der Waals surface area contributed by atoms with Crippen molar-refractivity contribution in [2.75, 3.05) is 6.61 Å². The number of nitrogens with zero attached hydrogens (tertiary/aromatic N) is 1. The van der Waals surface area contributed by atoms with Gasteiger partial charge in [-0.2, -0.15) is 0 Å². The number of aliphatic hydroxyl groups excluding tert-OH is 1. The van der Waals surface area contributed by atoms with Gasteiger partial charge in [0.25, 0.3) is 0 Å². The third-order valence-corrected chi connectivity index (χ3v) is 5.59. The monoisotopic (exact) mass is 397 g/mol. The fraction of sp³-hybridized carbons (Fsp3) is 0.318. The predicted molar refractivity (Wildman–Crippen MR) is 107 cm³/mol. The molecule has 1 fully saturated rings. The minimum Gasteiger partial charge on any atom is -0.394 e. The lowest BCUT2D eigenvalue weighted by Crippen LogP contribution is -2.37. The Labute approximate surface area is 168 Å². The van der Waals surface area contributed by atoms with Gasteiger partial charge in [-0.1, -0.05) is 60.7 Å². The summed E-state index contributed by atoms with van der Waals surface area (Å²) < 4.78 is 18.6. The molecule has 6 heteroatoms. The molecule has 0 unspecified atom stereocenters. The molecule has 1 aliphatic rings. The number of rotatable bonds is 8. The summed E-state index contributed by atoms with van der Waals surface area (Å²) in [6.07, 6.45) is 0.194. The van der Waals surface area contributed by atoms with E-state index in [9.17, 15) is 5.11 Å². The van der Waals surface area contributed by atoms with Crippen LogP contribution in [0.15, 0.2) is 72.2 Å². The van der Waals surface area contributed by atoms with Crippen LogP contribution in [0.1, 0.15) is 22.2 Å². The second-order valence-corrected chi connectivity index (χ2v) is 7.60. The first kappa shape index (κ1) is 19.2. The highest BCUT2D eigenvalue weighted by molar-refractivity contribution is 7.09. The SMILES string of the molecule is OC[C@H]1O[C@H](c2nccs2)[C@@H](OCc2ccccc2)[C@@H]1OCc1ccccc1. The molecule has 0 radical (unpaired) electrons. The molecule has 0 bridgehead atoms. The first-order chi connectivity index (χ1) is 13.8. The van der Waals surface area contributed by atoms with Crippen LogP contribution in [0.2, 0.25) is 0 Å². The van der Waals surface area contributed by atoms with E-state index in [2.05, 4.69) is 4.98 Å². The Kier molecular flexibility index (Phi) is 6.46. The van der Waals surface area contributed by atoms with Crippen molar-refractivity contribution in [1.82, 2.24) is 4.98 Å². The topological polar surface area (TPSA) is 60.8 Å². The number of hydrogen-bond donors (Lipinski definition) is 1. The summed E-state index contributed by atoms with van der Waals surface area (Å²) in [6.45, 7) is 0.744. The standard InChI is InChI=1S/C22H23NO4S/c24-13-18-19(25-14-16-7-3-1-4-8-16)20(21(27-18)22-23-11-12-28-22)26-15-17-9-5-2-6-10-17/h1-12,18-21,24H,13-15H2/t18-,19-,20+,21+/m1/s1. The highest BCUT2D eigenvalue weighted by Gasteiger charge is 2.47. The first-order valence-corrected chi connectivity index (χ1v) is 10.2. The van der Waals surface area contributed by atoms with Gasteiger partial charge in [0.05, 0.1) is 19.8 Å². The molecule has 28 heavy (non-hydrogen) atoms. The van der Waals surface area contributed by atoms with Gasteiger partial charge in [0.15, 0.2) is 0 Å². The zero-order valence-corrected chi connectivity index (χ0v) is 16.2. The molecule has 0 spiro atoms. The molecule has 0 amide bonds. The predicted octanol–water partition coefficient (Wildman–Crippen LogP) is 3.75. The molecule has 0 aliphatic carbocycles. The molecule has 2 aromatic carbocycles. The van der Waals surface area contributed by atoms with Gasteiger partial charge in [0.1, 0.15) is 29.4 Å². The lowest BCUT2D eigenvalue weighted by molar-refractivity contribution is -0.0835. The maximum atomic E-state index is 9.87. The molecule has 4 atom stereocenters. The molecule has 0 saturated carbocycles. The third kappa shape index (κ3) is 4.48. The van der Waals surface area contributed by atoms with Crippen molar-refractivity contribution in [2.24, 2.45) is 0 Å². The molecule has 146 valence electrons. The average molecular weight is 397 g/mol. The van der Waals surface area contributed by atoms with Crippen molar-refractivity contribution in [1.29, 1.82) is 0 Å². The number of hydrogen-bond acceptors (Lipinski definition) is 6. The third-order valence-electron chi connectivity index (χ3n) is 4.76. The van der Waals surface area contributed by atoms with E-state index in [0.29, 0.717) is 13.2 Å². The van der Waals surface area contributed by atoms with E-state index < -0.39 is 6.10 Å². The summed E-state index contributed by atoms with van der Waals surface area (Å²) >= 11 is 1.52. The van der Waals surface area contributed by atoms with E-state index in [1.165, 1.54) is 11.3 Å². The molecule has 5 nitrogen and oxygen atoms in total. The van der Waals surface area contributed by atoms with Crippen molar-refractivity contribution in [3.8, 4) is 0 Å². The molecule has 2 heterocycles. The highest BCUT2D eigenvalue weighted by atomic mass is 32.1. The van der Waals surface area contributed by atoms with E-state index >= 15 is 0 Å². The largest absolute Gasteiger partial charge is 0.394 e. The molecular weight excluding hydrogens is 374 g/mol. The lowest BCUT2D eigenvalue weighted by atomic mass is 10.1. The number of benzene rings is 2. The number of aromatic nitrogens is 1. The minimum atomic E-state index is -0.460. The summed E-state index contributed by atoms with van der Waals surface area (Å²) in [4.78, 5) is 4.40. The van der Waals surface area contributed by atoms with Crippen LogP contribution in [0.25, 0.3) is 0 Å². The van der Waals surface area contributed by atoms with Crippen LogP contribution in [-0.2, 0) is 27.4 Å². The fourth-order valence-corrected chi connectivity index (χ4v) is 4.07. The second-order valence-electron chi connectivity index (χ2n) is 6.67. The Morgan fingerprint density at radius 1 is 0.893 bits per heavy atom. The van der Waals surface area contributed by atoms with E-state index in [0.717, 1.165) is 16.1 Å². The van der Waals surface area contributed by atoms with Gasteiger partial charge in [0, 0.05) is 11.6 Å². The van der Waals surface area contributed by atoms with Crippen LogP contribution in [0.3, 0.4) is 0 Å². The van der Waals surface area contributed by atoms with Crippen LogP contribution in [0, 0.1) is 0 Å². The Balaban J connectivity index is 1.52. The number of aliphatic hydroxyl groups is 1. The lowest BCUT2D eigenvalue weighted by Gasteiger charge is -2.24. The second kappa shape index (κ2) is 9.41. The van der Waals surface area contributed by atoms with E-state index in [4.69, 9.17) is 14.2 Å². The smallest absolute Gasteiger partial charge is 0.138 e. The zero-order valence-electron chi connectivity index (χ0n) is 15.4. The maximum absolute atomic E-state index is 9.87. The normalized spacial score (nSPS) is 24.5. The molecule has 1 saturated heterocycles. The first-order valence-electron chi connectivity index (χ1n) is 9.32. The average Bonchev–Trinajstić information content (AvgIpc) is 3.40. The van der Waals surface area contributed by atoms with Gasteiger partial charge in [-0.15, -0.1) is 11.3 Å². The quantitative estimate of drug-likeness (QED) is 0.627. The van der Waals surface area contributed by atoms with Crippen LogP contribution in [0.5, 0.6) is 0 Å². The molecule has 1 aliphatic heterocycles. The van der Waals surface area contributed by atoms with E-state index in [1.54, 1.807) is 6.20 Å². The summed E-state index contributed by atoms with van der Waals surface area (Å²) in [5, 5.41) is 12.6. The van der Waals surface area contributed by atoms with Crippen molar-refractivity contribution in [3.05, 3.63) is 88.4 Å². The molecular formula is C22H23NO4S. The van der Waals surface area contributed by atoms with Crippen LogP contribution in [-0.4, -0.2) is 35.0 Å². The summed E-state index contributed by atoms with van der Waals surface area (Å²) in [6, 6.07) is 20.0. The van der Waals surface area contributed by atoms with Gasteiger partial charge >= 0.3 is 0 Å². The van der Waals surface area contributed by atoms with Crippen molar-refractivity contribution in [2.45, 2.75) is 37.6 Å². The Morgan fingerprint density at radius 3 is 2.04 bits per heavy atom. The van der Waals surface area contributed by atoms with Gasteiger partial charge in [-0.05, 0) is 11.1 Å². The van der Waals surface area contributed by atoms with Gasteiger partial charge in [0.2, 0.25) is 0 Å². The molecule has 1 aromatic heterocycles. The summed E-state index contributed by atoms with van der Waals surface area (Å²) in [7, 11) is 0. The fourth-order valence-electron chi connectivity index (χ4n) is 3.37. The van der Waals surface area contributed by atoms with Crippen LogP contribution in [0.4, 0.5) is 0 Å². The summed E-state index contributed by atoms with van der Waals surface area (Å²) in [5.74, 6) is 0. The molecule has 4 rings (SSSR count). The zero-order chi connectivity index (χ0) is 19.2. The Morgan fingerprint density at radius 2 is 1.50 bits per heavy atom. The van der Waals surface area contributed by atoms with Gasteiger partial charge in [-0.25, -0.2) is 4.98 Å². The van der Waals surface area contributed by atoms with Crippen molar-refractivity contribution >= 4 is 11.3 Å². The Bertz CT molecular complexity index is 828. The number of thiazole rings is 1. The van der Waals surface area contributed by atoms with Crippen LogP contribution < -0.4 is 0 Å². The van der Waals surface area contributed by atoms with Crippen molar-refractivity contribution < 1.29 is 19.3 Å². The number of ether oxygens (including phenoxy) is 3. The minimum absolute atomic E-state index is 0.132. The molecule has 3 aromatic rings. The maximum Gasteiger partial charge on any atom is 0.138 e. The Hall–Kier alpha value is -2.09. The van der Waals surface area contributed by atoms with Crippen LogP contribution >= 0.6 is 11.3 Å². The van der Waals surface area contributed by atoms with E-state index in [-0.39, 0.29) is 24.9 Å². The molecule has 1 N–H and O–H groups in total. The summed E-state index contributed by atoms with van der Waals surface area (Å²) in [5.41, 5.74) is 2.15. The van der Waals surface area contributed by atoms with E-state index in [1.807, 2.05) is 66.0 Å².